The average Bonchev–Trinajstić information content (AvgIpc) is 2.82. The molecule has 0 saturated carbocycles. The minimum absolute atomic E-state index is 0.110. The molecule has 0 unspecified atom stereocenters. The predicted molar refractivity (Wildman–Crippen MR) is 72.6 cm³/mol. The Morgan fingerprint density at radius 1 is 1.11 bits per heavy atom. The Balaban J connectivity index is 1.99. The Morgan fingerprint density at radius 2 is 1.89 bits per heavy atom. The van der Waals surface area contributed by atoms with E-state index in [0.717, 1.165) is 16.0 Å². The molecule has 0 aliphatic rings. The van der Waals surface area contributed by atoms with Gasteiger partial charge in [0, 0.05) is 10.5 Å². The van der Waals surface area contributed by atoms with E-state index in [2.05, 4.69) is 4.98 Å². The van der Waals surface area contributed by atoms with Crippen LogP contribution in [0.4, 0.5) is 0 Å². The molecule has 0 aliphatic carbocycles. The highest BCUT2D eigenvalue weighted by atomic mass is 32.2. The summed E-state index contributed by atoms with van der Waals surface area (Å²) in [4.78, 5) is 5.15. The van der Waals surface area contributed by atoms with Crippen molar-refractivity contribution >= 4 is 22.9 Å². The van der Waals surface area contributed by atoms with E-state index in [4.69, 9.17) is 4.42 Å². The van der Waals surface area contributed by atoms with Gasteiger partial charge in [-0.05, 0) is 43.0 Å². The molecule has 5 heteroatoms. The highest BCUT2D eigenvalue weighted by Gasteiger charge is 2.12. The van der Waals surface area contributed by atoms with E-state index >= 15 is 0 Å². The molecule has 96 valence electrons. The van der Waals surface area contributed by atoms with Crippen LogP contribution in [-0.4, -0.2) is 15.2 Å². The second-order valence-electron chi connectivity index (χ2n) is 4.11. The first kappa shape index (κ1) is 11.9. The predicted octanol–water partition coefficient (Wildman–Crippen LogP) is 3.70. The van der Waals surface area contributed by atoms with E-state index in [1.807, 2.05) is 24.3 Å². The van der Waals surface area contributed by atoms with Gasteiger partial charge >= 0.3 is 0 Å². The maximum atomic E-state index is 9.69. The maximum absolute atomic E-state index is 9.69. The van der Waals surface area contributed by atoms with Gasteiger partial charge in [0.05, 0.1) is 0 Å². The number of nitrogens with zero attached hydrogens (tertiary/aromatic N) is 1. The van der Waals surface area contributed by atoms with E-state index in [9.17, 15) is 10.2 Å². The second kappa shape index (κ2) is 4.51. The Labute approximate surface area is 113 Å². The van der Waals surface area contributed by atoms with Gasteiger partial charge in [0.15, 0.2) is 17.1 Å². The zero-order valence-corrected chi connectivity index (χ0v) is 10.9. The number of fused-ring (bicyclic) bond motifs is 1. The first-order valence-electron chi connectivity index (χ1n) is 5.70. The second-order valence-corrected chi connectivity index (χ2v) is 5.10. The molecule has 19 heavy (non-hydrogen) atoms. The van der Waals surface area contributed by atoms with Gasteiger partial charge in [-0.3, -0.25) is 0 Å². The van der Waals surface area contributed by atoms with Gasteiger partial charge < -0.3 is 14.6 Å². The lowest BCUT2D eigenvalue weighted by molar-refractivity contribution is 0.399. The van der Waals surface area contributed by atoms with Crippen molar-refractivity contribution in [3.63, 3.8) is 0 Å². The fourth-order valence-corrected chi connectivity index (χ4v) is 2.62. The molecule has 0 spiro atoms. The first-order chi connectivity index (χ1) is 9.15. The Bertz CT molecular complexity index is 719. The van der Waals surface area contributed by atoms with Crippen LogP contribution in [0.3, 0.4) is 0 Å². The van der Waals surface area contributed by atoms with Crippen LogP contribution < -0.4 is 0 Å². The van der Waals surface area contributed by atoms with Gasteiger partial charge in [-0.25, -0.2) is 4.98 Å². The third-order valence-corrected chi connectivity index (χ3v) is 3.84. The minimum Gasteiger partial charge on any atom is -0.504 e. The van der Waals surface area contributed by atoms with Crippen LogP contribution in [-0.2, 0) is 0 Å². The van der Waals surface area contributed by atoms with Crippen molar-refractivity contribution in [2.75, 3.05) is 0 Å². The molecule has 1 heterocycles. The van der Waals surface area contributed by atoms with Crippen LogP contribution in [0.5, 0.6) is 11.5 Å². The van der Waals surface area contributed by atoms with Gasteiger partial charge in [-0.1, -0.05) is 12.1 Å². The van der Waals surface area contributed by atoms with Crippen molar-refractivity contribution in [1.82, 2.24) is 4.98 Å². The van der Waals surface area contributed by atoms with Crippen LogP contribution in [0.15, 0.2) is 50.9 Å². The summed E-state index contributed by atoms with van der Waals surface area (Å²) in [7, 11) is 0. The molecule has 2 N–H and O–H groups in total. The van der Waals surface area contributed by atoms with E-state index < -0.39 is 0 Å². The van der Waals surface area contributed by atoms with Crippen molar-refractivity contribution in [3.8, 4) is 11.5 Å². The number of aromatic hydroxyl groups is 2. The minimum atomic E-state index is -0.126. The zero-order chi connectivity index (χ0) is 13.4. The largest absolute Gasteiger partial charge is 0.504 e. The maximum Gasteiger partial charge on any atom is 0.261 e. The fraction of sp³-hybridized carbons (Fsp3) is 0.0714. The topological polar surface area (TPSA) is 66.5 Å². The van der Waals surface area contributed by atoms with Gasteiger partial charge in [0.25, 0.3) is 5.22 Å². The van der Waals surface area contributed by atoms with E-state index in [0.29, 0.717) is 10.8 Å². The Kier molecular flexibility index (Phi) is 2.83. The number of benzene rings is 2. The molecule has 4 nitrogen and oxygen atoms in total. The zero-order valence-electron chi connectivity index (χ0n) is 10.1. The number of phenolic OH excluding ortho intramolecular Hbond substituents is 2. The van der Waals surface area contributed by atoms with Crippen LogP contribution in [0.2, 0.25) is 0 Å². The van der Waals surface area contributed by atoms with Crippen molar-refractivity contribution < 1.29 is 14.6 Å². The molecule has 1 aromatic heterocycles. The lowest BCUT2D eigenvalue weighted by Crippen LogP contribution is -1.82. The molecule has 0 bridgehead atoms. The molecule has 0 atom stereocenters. The monoisotopic (exact) mass is 273 g/mol. The lowest BCUT2D eigenvalue weighted by atomic mass is 10.2. The molecule has 2 aromatic carbocycles. The molecule has 3 rings (SSSR count). The lowest BCUT2D eigenvalue weighted by Gasteiger charge is -2.06. The van der Waals surface area contributed by atoms with Crippen LogP contribution >= 0.6 is 11.8 Å². The normalized spacial score (nSPS) is 11.0. The number of aromatic nitrogens is 1. The highest BCUT2D eigenvalue weighted by molar-refractivity contribution is 7.99. The number of hydrogen-bond acceptors (Lipinski definition) is 5. The molecule has 0 saturated heterocycles. The van der Waals surface area contributed by atoms with Crippen molar-refractivity contribution in [2.45, 2.75) is 17.0 Å². The van der Waals surface area contributed by atoms with Crippen LogP contribution in [0.1, 0.15) is 5.56 Å². The van der Waals surface area contributed by atoms with Gasteiger partial charge in [-0.15, -0.1) is 0 Å². The molecule has 0 aliphatic heterocycles. The van der Waals surface area contributed by atoms with Crippen LogP contribution in [0.25, 0.3) is 11.1 Å². The van der Waals surface area contributed by atoms with E-state index in [-0.39, 0.29) is 11.5 Å². The SMILES string of the molecule is Cc1c(Sc2nc3ccccc3o2)ccc(O)c1O. The average molecular weight is 273 g/mol. The standard InChI is InChI=1S/C14H11NO3S/c1-8-12(7-6-10(16)13(8)17)19-14-15-9-4-2-3-5-11(9)18-14/h2-7,16-17H,1H3. The number of para-hydroxylation sites is 2. The van der Waals surface area contributed by atoms with Gasteiger partial charge in [0.2, 0.25) is 0 Å². The summed E-state index contributed by atoms with van der Waals surface area (Å²) in [5.41, 5.74) is 2.13. The van der Waals surface area contributed by atoms with Gasteiger partial charge in [-0.2, -0.15) is 0 Å². The Hall–Kier alpha value is -2.14. The molecular weight excluding hydrogens is 262 g/mol. The third-order valence-electron chi connectivity index (χ3n) is 2.83. The molecule has 3 aromatic rings. The Morgan fingerprint density at radius 3 is 2.68 bits per heavy atom. The van der Waals surface area contributed by atoms with Crippen molar-refractivity contribution in [3.05, 3.63) is 42.0 Å². The number of rotatable bonds is 2. The van der Waals surface area contributed by atoms with Gasteiger partial charge in [0.1, 0.15) is 5.52 Å². The van der Waals surface area contributed by atoms with E-state index in [1.54, 1.807) is 13.0 Å². The molecular formula is C14H11NO3S. The van der Waals surface area contributed by atoms with Crippen LogP contribution in [0, 0.1) is 6.92 Å². The summed E-state index contributed by atoms with van der Waals surface area (Å²) in [6.45, 7) is 1.74. The highest BCUT2D eigenvalue weighted by Crippen LogP contribution is 2.38. The summed E-state index contributed by atoms with van der Waals surface area (Å²) < 4.78 is 5.60. The summed E-state index contributed by atoms with van der Waals surface area (Å²) >= 11 is 1.31. The summed E-state index contributed by atoms with van der Waals surface area (Å²) in [5, 5.41) is 19.6. The van der Waals surface area contributed by atoms with E-state index in [1.165, 1.54) is 17.8 Å². The number of oxazole rings is 1. The third kappa shape index (κ3) is 2.13. The quantitative estimate of drug-likeness (QED) is 0.697. The summed E-state index contributed by atoms with van der Waals surface area (Å²) in [6, 6.07) is 10.7. The van der Waals surface area contributed by atoms with Crippen molar-refractivity contribution in [1.29, 1.82) is 0 Å². The summed E-state index contributed by atoms with van der Waals surface area (Å²) in [6.07, 6.45) is 0. The smallest absolute Gasteiger partial charge is 0.261 e. The first-order valence-corrected chi connectivity index (χ1v) is 6.52. The molecule has 0 radical (unpaired) electrons. The number of hydrogen-bond donors (Lipinski definition) is 2. The fourth-order valence-electron chi connectivity index (χ4n) is 1.77. The molecule has 0 fully saturated rings. The van der Waals surface area contributed by atoms with Crippen molar-refractivity contribution in [2.24, 2.45) is 0 Å². The number of phenols is 2. The summed E-state index contributed by atoms with van der Waals surface area (Å²) in [5.74, 6) is -0.236. The molecule has 0 amide bonds.